The summed E-state index contributed by atoms with van der Waals surface area (Å²) in [7, 11) is 0. The van der Waals surface area contributed by atoms with Crippen molar-refractivity contribution in [2.45, 2.75) is 32.2 Å². The maximum absolute atomic E-state index is 12.9. The van der Waals surface area contributed by atoms with Gasteiger partial charge in [0.15, 0.2) is 0 Å². The molecular formula is C22H26N2O2. The quantitative estimate of drug-likeness (QED) is 0.830. The Morgan fingerprint density at radius 3 is 2.19 bits per heavy atom. The van der Waals surface area contributed by atoms with Crippen molar-refractivity contribution in [2.24, 2.45) is 5.92 Å². The molecule has 0 aliphatic carbocycles. The van der Waals surface area contributed by atoms with Crippen molar-refractivity contribution in [3.05, 3.63) is 71.8 Å². The number of rotatable bonds is 7. The van der Waals surface area contributed by atoms with Crippen LogP contribution in [0.1, 0.15) is 43.4 Å². The van der Waals surface area contributed by atoms with E-state index in [2.05, 4.69) is 12.2 Å². The topological polar surface area (TPSA) is 49.4 Å². The van der Waals surface area contributed by atoms with Crippen LogP contribution in [0.4, 0.5) is 0 Å². The Morgan fingerprint density at radius 1 is 1.08 bits per heavy atom. The van der Waals surface area contributed by atoms with E-state index in [9.17, 15) is 9.59 Å². The van der Waals surface area contributed by atoms with Gasteiger partial charge < -0.3 is 10.2 Å². The SMILES string of the molecule is CCCCN1CC(C(=O)NC(c2ccccc2)c2ccccc2)CC1=O. The Bertz CT molecular complexity index is 691. The van der Waals surface area contributed by atoms with Crippen LogP contribution >= 0.6 is 0 Å². The molecule has 0 saturated carbocycles. The molecule has 1 aliphatic heterocycles. The fraction of sp³-hybridized carbons (Fsp3) is 0.364. The summed E-state index contributed by atoms with van der Waals surface area (Å²) in [5, 5.41) is 3.17. The van der Waals surface area contributed by atoms with Crippen molar-refractivity contribution in [1.82, 2.24) is 10.2 Å². The van der Waals surface area contributed by atoms with Crippen LogP contribution in [0.25, 0.3) is 0 Å². The molecule has 0 radical (unpaired) electrons. The van der Waals surface area contributed by atoms with Crippen LogP contribution in [0, 0.1) is 5.92 Å². The molecule has 1 atom stereocenters. The fourth-order valence-electron chi connectivity index (χ4n) is 3.42. The molecule has 2 amide bonds. The molecule has 0 spiro atoms. The minimum Gasteiger partial charge on any atom is -0.345 e. The smallest absolute Gasteiger partial charge is 0.226 e. The Labute approximate surface area is 155 Å². The summed E-state index contributed by atoms with van der Waals surface area (Å²) >= 11 is 0. The van der Waals surface area contributed by atoms with E-state index in [1.165, 1.54) is 0 Å². The number of carbonyl (C=O) groups excluding carboxylic acids is 2. The van der Waals surface area contributed by atoms with E-state index in [4.69, 9.17) is 0 Å². The molecule has 4 nitrogen and oxygen atoms in total. The van der Waals surface area contributed by atoms with E-state index in [1.54, 1.807) is 0 Å². The molecule has 1 heterocycles. The van der Waals surface area contributed by atoms with E-state index in [-0.39, 0.29) is 23.8 Å². The van der Waals surface area contributed by atoms with Gasteiger partial charge in [-0.3, -0.25) is 9.59 Å². The largest absolute Gasteiger partial charge is 0.345 e. The number of nitrogens with one attached hydrogen (secondary N) is 1. The minimum absolute atomic E-state index is 0.0462. The monoisotopic (exact) mass is 350 g/mol. The number of amides is 2. The number of likely N-dealkylation sites (tertiary alicyclic amines) is 1. The van der Waals surface area contributed by atoms with Gasteiger partial charge in [0, 0.05) is 19.5 Å². The lowest BCUT2D eigenvalue weighted by molar-refractivity contribution is -0.129. The van der Waals surface area contributed by atoms with Crippen LogP contribution in [-0.2, 0) is 9.59 Å². The Balaban J connectivity index is 1.73. The molecule has 1 saturated heterocycles. The van der Waals surface area contributed by atoms with Crippen LogP contribution in [0.5, 0.6) is 0 Å². The van der Waals surface area contributed by atoms with Crippen molar-refractivity contribution >= 4 is 11.8 Å². The van der Waals surface area contributed by atoms with E-state index >= 15 is 0 Å². The van der Waals surface area contributed by atoms with Gasteiger partial charge in [0.2, 0.25) is 11.8 Å². The highest BCUT2D eigenvalue weighted by Crippen LogP contribution is 2.24. The summed E-state index contributed by atoms with van der Waals surface area (Å²) in [6, 6.07) is 19.7. The third-order valence-corrected chi connectivity index (χ3v) is 4.92. The predicted octanol–water partition coefficient (Wildman–Crippen LogP) is 3.54. The van der Waals surface area contributed by atoms with Gasteiger partial charge in [0.25, 0.3) is 0 Å². The third kappa shape index (κ3) is 4.31. The standard InChI is InChI=1S/C22H26N2O2/c1-2-3-14-24-16-19(15-20(24)25)22(26)23-21(17-10-6-4-7-11-17)18-12-8-5-9-13-18/h4-13,19,21H,2-3,14-16H2,1H3,(H,23,26). The van der Waals surface area contributed by atoms with Crippen molar-refractivity contribution in [3.8, 4) is 0 Å². The van der Waals surface area contributed by atoms with Crippen LogP contribution in [0.15, 0.2) is 60.7 Å². The molecule has 3 rings (SSSR count). The van der Waals surface area contributed by atoms with Gasteiger partial charge >= 0.3 is 0 Å². The minimum atomic E-state index is -0.269. The second kappa shape index (κ2) is 8.65. The number of nitrogens with zero attached hydrogens (tertiary/aromatic N) is 1. The van der Waals surface area contributed by atoms with Gasteiger partial charge in [0.05, 0.1) is 12.0 Å². The van der Waals surface area contributed by atoms with Gasteiger partial charge in [-0.15, -0.1) is 0 Å². The molecule has 136 valence electrons. The molecular weight excluding hydrogens is 324 g/mol. The average Bonchev–Trinajstić information content (AvgIpc) is 3.06. The van der Waals surface area contributed by atoms with Crippen LogP contribution in [0.2, 0.25) is 0 Å². The summed E-state index contributed by atoms with van der Waals surface area (Å²) in [6.07, 6.45) is 2.34. The number of unbranched alkanes of at least 4 members (excludes halogenated alkanes) is 1. The van der Waals surface area contributed by atoms with Gasteiger partial charge in [0.1, 0.15) is 0 Å². The van der Waals surface area contributed by atoms with E-state index in [1.807, 2.05) is 65.6 Å². The van der Waals surface area contributed by atoms with Crippen LogP contribution in [-0.4, -0.2) is 29.8 Å². The maximum atomic E-state index is 12.9. The highest BCUT2D eigenvalue weighted by Gasteiger charge is 2.34. The first-order chi connectivity index (χ1) is 12.7. The molecule has 1 N–H and O–H groups in total. The number of hydrogen-bond acceptors (Lipinski definition) is 2. The Kier molecular flexibility index (Phi) is 6.05. The predicted molar refractivity (Wildman–Crippen MR) is 102 cm³/mol. The Morgan fingerprint density at radius 2 is 1.65 bits per heavy atom. The normalized spacial score (nSPS) is 16.9. The highest BCUT2D eigenvalue weighted by molar-refractivity contribution is 5.89. The lowest BCUT2D eigenvalue weighted by atomic mass is 9.97. The lowest BCUT2D eigenvalue weighted by Gasteiger charge is -2.22. The van der Waals surface area contributed by atoms with Crippen molar-refractivity contribution in [1.29, 1.82) is 0 Å². The molecule has 4 heteroatoms. The zero-order valence-corrected chi connectivity index (χ0v) is 15.2. The van der Waals surface area contributed by atoms with Crippen LogP contribution < -0.4 is 5.32 Å². The van der Waals surface area contributed by atoms with E-state index < -0.39 is 0 Å². The first kappa shape index (κ1) is 18.2. The summed E-state index contributed by atoms with van der Waals surface area (Å²) in [5.41, 5.74) is 2.08. The third-order valence-electron chi connectivity index (χ3n) is 4.92. The van der Waals surface area contributed by atoms with Gasteiger partial charge in [-0.2, -0.15) is 0 Å². The second-order valence-electron chi connectivity index (χ2n) is 6.86. The number of benzene rings is 2. The first-order valence-electron chi connectivity index (χ1n) is 9.37. The number of hydrogen-bond donors (Lipinski definition) is 1. The van der Waals surface area contributed by atoms with Crippen LogP contribution in [0.3, 0.4) is 0 Å². The zero-order valence-electron chi connectivity index (χ0n) is 15.2. The van der Waals surface area contributed by atoms with Crippen molar-refractivity contribution < 1.29 is 9.59 Å². The van der Waals surface area contributed by atoms with Crippen molar-refractivity contribution in [2.75, 3.05) is 13.1 Å². The molecule has 1 fully saturated rings. The first-order valence-corrected chi connectivity index (χ1v) is 9.37. The van der Waals surface area contributed by atoms with Gasteiger partial charge in [-0.1, -0.05) is 74.0 Å². The van der Waals surface area contributed by atoms with Crippen molar-refractivity contribution in [3.63, 3.8) is 0 Å². The maximum Gasteiger partial charge on any atom is 0.226 e. The fourth-order valence-corrected chi connectivity index (χ4v) is 3.42. The Hall–Kier alpha value is -2.62. The zero-order chi connectivity index (χ0) is 18.4. The summed E-state index contributed by atoms with van der Waals surface area (Å²) in [4.78, 5) is 26.9. The summed E-state index contributed by atoms with van der Waals surface area (Å²) < 4.78 is 0. The molecule has 2 aromatic carbocycles. The second-order valence-corrected chi connectivity index (χ2v) is 6.86. The molecule has 26 heavy (non-hydrogen) atoms. The van der Waals surface area contributed by atoms with Gasteiger partial charge in [-0.25, -0.2) is 0 Å². The molecule has 1 unspecified atom stereocenters. The lowest BCUT2D eigenvalue weighted by Crippen LogP contribution is -2.36. The highest BCUT2D eigenvalue weighted by atomic mass is 16.2. The molecule has 1 aliphatic rings. The van der Waals surface area contributed by atoms with E-state index in [0.717, 1.165) is 30.5 Å². The van der Waals surface area contributed by atoms with Gasteiger partial charge in [-0.05, 0) is 17.5 Å². The number of carbonyl (C=O) groups is 2. The average molecular weight is 350 g/mol. The molecule has 2 aromatic rings. The summed E-state index contributed by atoms with van der Waals surface area (Å²) in [5.74, 6) is -0.223. The molecule has 0 bridgehead atoms. The molecule has 0 aromatic heterocycles. The summed E-state index contributed by atoms with van der Waals surface area (Å²) in [6.45, 7) is 3.38. The van der Waals surface area contributed by atoms with E-state index in [0.29, 0.717) is 13.0 Å².